The van der Waals surface area contributed by atoms with Gasteiger partial charge in [-0.2, -0.15) is 0 Å². The highest BCUT2D eigenvalue weighted by Gasteiger charge is 2.29. The molecule has 1 heterocycles. The third-order valence-corrected chi connectivity index (χ3v) is 2.10. The molecule has 0 bridgehead atoms. The van der Waals surface area contributed by atoms with Gasteiger partial charge in [0.1, 0.15) is 0 Å². The Morgan fingerprint density at radius 1 is 1.60 bits per heavy atom. The molecule has 60 valence electrons. The zero-order valence-electron chi connectivity index (χ0n) is 6.58. The van der Waals surface area contributed by atoms with E-state index in [1.54, 1.807) is 7.11 Å². The van der Waals surface area contributed by atoms with Crippen molar-refractivity contribution >= 4 is 0 Å². The predicted octanol–water partition coefficient (Wildman–Crippen LogP) is -0.445. The van der Waals surface area contributed by atoms with Gasteiger partial charge in [0.2, 0.25) is 0 Å². The van der Waals surface area contributed by atoms with Crippen molar-refractivity contribution in [2.75, 3.05) is 33.9 Å². The zero-order valence-corrected chi connectivity index (χ0v) is 6.58. The minimum absolute atomic E-state index is 0.231. The van der Waals surface area contributed by atoms with Gasteiger partial charge in [-0.15, -0.1) is 0 Å². The fraction of sp³-hybridized carbons (Fsp3) is 1.00. The van der Waals surface area contributed by atoms with Gasteiger partial charge in [-0.3, -0.25) is 0 Å². The molecule has 0 aliphatic carbocycles. The van der Waals surface area contributed by atoms with Crippen LogP contribution in [0.1, 0.15) is 0 Å². The predicted molar refractivity (Wildman–Crippen MR) is 38.9 cm³/mol. The van der Waals surface area contributed by atoms with E-state index in [9.17, 15) is 0 Å². The van der Waals surface area contributed by atoms with Crippen molar-refractivity contribution in [3.05, 3.63) is 0 Å². The number of nitrogens with zero attached hydrogens (tertiary/aromatic N) is 1. The quantitative estimate of drug-likeness (QED) is 0.571. The van der Waals surface area contributed by atoms with Crippen LogP contribution in [0, 0.1) is 5.92 Å². The maximum atomic E-state index is 8.88. The number of rotatable bonds is 2. The first-order valence-electron chi connectivity index (χ1n) is 3.60. The summed E-state index contributed by atoms with van der Waals surface area (Å²) in [7, 11) is 3.74. The molecule has 1 rings (SSSR count). The number of aliphatic hydroxyl groups excluding tert-OH is 1. The summed E-state index contributed by atoms with van der Waals surface area (Å²) < 4.78 is 5.18. The lowest BCUT2D eigenvalue weighted by Crippen LogP contribution is -2.23. The van der Waals surface area contributed by atoms with Gasteiger partial charge in [-0.25, -0.2) is 0 Å². The molecule has 0 amide bonds. The average Bonchev–Trinajstić information content (AvgIpc) is 2.30. The molecule has 0 aromatic rings. The van der Waals surface area contributed by atoms with Crippen LogP contribution >= 0.6 is 0 Å². The maximum absolute atomic E-state index is 8.88. The van der Waals surface area contributed by atoms with E-state index >= 15 is 0 Å². The Balaban J connectivity index is 2.41. The molecule has 1 N–H and O–H groups in total. The van der Waals surface area contributed by atoms with Gasteiger partial charge in [0.25, 0.3) is 0 Å². The second-order valence-corrected chi connectivity index (χ2v) is 2.94. The summed E-state index contributed by atoms with van der Waals surface area (Å²) in [4.78, 5) is 2.18. The molecule has 1 aliphatic rings. The Morgan fingerprint density at radius 3 is 2.70 bits per heavy atom. The molecule has 1 aliphatic heterocycles. The molecule has 1 fully saturated rings. The van der Waals surface area contributed by atoms with Crippen molar-refractivity contribution in [3.63, 3.8) is 0 Å². The molecule has 0 aromatic heterocycles. The van der Waals surface area contributed by atoms with E-state index in [1.807, 2.05) is 7.05 Å². The fourth-order valence-corrected chi connectivity index (χ4v) is 1.49. The Bertz CT molecular complexity index is 95.8. The molecule has 2 atom stereocenters. The first kappa shape index (κ1) is 7.98. The molecular formula is C7H15NO2. The largest absolute Gasteiger partial charge is 0.396 e. The summed E-state index contributed by atoms with van der Waals surface area (Å²) in [6, 6.07) is 0. The highest BCUT2D eigenvalue weighted by Crippen LogP contribution is 2.16. The Kier molecular flexibility index (Phi) is 2.65. The molecule has 0 unspecified atom stereocenters. The average molecular weight is 145 g/mol. The van der Waals surface area contributed by atoms with E-state index < -0.39 is 0 Å². The summed E-state index contributed by atoms with van der Waals surface area (Å²) in [6.07, 6.45) is 0.231. The van der Waals surface area contributed by atoms with Gasteiger partial charge >= 0.3 is 0 Å². The lowest BCUT2D eigenvalue weighted by Gasteiger charge is -2.12. The van der Waals surface area contributed by atoms with E-state index in [0.29, 0.717) is 5.92 Å². The van der Waals surface area contributed by atoms with Crippen LogP contribution in [0.4, 0.5) is 0 Å². The number of likely N-dealkylation sites (N-methyl/N-ethyl adjacent to an activating group) is 1. The van der Waals surface area contributed by atoms with Crippen molar-refractivity contribution in [1.82, 2.24) is 4.90 Å². The SMILES string of the molecule is CO[C@@H]1CN(C)C[C@H]1CO. The van der Waals surface area contributed by atoms with Crippen LogP contribution in [-0.4, -0.2) is 50.0 Å². The zero-order chi connectivity index (χ0) is 7.56. The van der Waals surface area contributed by atoms with E-state index in [-0.39, 0.29) is 12.7 Å². The number of likely N-dealkylation sites (tertiary alicyclic amines) is 1. The molecule has 3 nitrogen and oxygen atoms in total. The Morgan fingerprint density at radius 2 is 2.30 bits per heavy atom. The summed E-state index contributed by atoms with van der Waals surface area (Å²) in [5.41, 5.74) is 0. The van der Waals surface area contributed by atoms with E-state index in [2.05, 4.69) is 4.90 Å². The number of ether oxygens (including phenoxy) is 1. The summed E-state index contributed by atoms with van der Waals surface area (Å²) in [6.45, 7) is 2.14. The minimum Gasteiger partial charge on any atom is -0.396 e. The third-order valence-electron chi connectivity index (χ3n) is 2.10. The van der Waals surface area contributed by atoms with Crippen LogP contribution < -0.4 is 0 Å². The molecule has 10 heavy (non-hydrogen) atoms. The fourth-order valence-electron chi connectivity index (χ4n) is 1.49. The molecule has 0 radical (unpaired) electrons. The van der Waals surface area contributed by atoms with Crippen molar-refractivity contribution < 1.29 is 9.84 Å². The summed E-state index contributed by atoms with van der Waals surface area (Å²) in [5, 5.41) is 8.88. The maximum Gasteiger partial charge on any atom is 0.0760 e. The van der Waals surface area contributed by atoms with Crippen LogP contribution in [0.3, 0.4) is 0 Å². The second-order valence-electron chi connectivity index (χ2n) is 2.94. The highest BCUT2D eigenvalue weighted by atomic mass is 16.5. The van der Waals surface area contributed by atoms with E-state index in [0.717, 1.165) is 13.1 Å². The Labute approximate surface area is 61.6 Å². The van der Waals surface area contributed by atoms with Gasteiger partial charge in [-0.1, -0.05) is 0 Å². The molecule has 0 saturated carbocycles. The monoisotopic (exact) mass is 145 g/mol. The van der Waals surface area contributed by atoms with Gasteiger partial charge < -0.3 is 14.7 Å². The van der Waals surface area contributed by atoms with Gasteiger partial charge in [0, 0.05) is 32.7 Å². The second kappa shape index (κ2) is 3.32. The highest BCUT2D eigenvalue weighted by molar-refractivity contribution is 4.82. The van der Waals surface area contributed by atoms with Crippen LogP contribution in [-0.2, 0) is 4.74 Å². The first-order chi connectivity index (χ1) is 4.77. The van der Waals surface area contributed by atoms with Crippen molar-refractivity contribution in [2.24, 2.45) is 5.92 Å². The lowest BCUT2D eigenvalue weighted by molar-refractivity contribution is 0.0563. The van der Waals surface area contributed by atoms with Gasteiger partial charge in [0.05, 0.1) is 6.10 Å². The van der Waals surface area contributed by atoms with Crippen LogP contribution in [0.5, 0.6) is 0 Å². The molecule has 0 aromatic carbocycles. The third kappa shape index (κ3) is 1.48. The van der Waals surface area contributed by atoms with Crippen molar-refractivity contribution in [2.45, 2.75) is 6.10 Å². The van der Waals surface area contributed by atoms with Crippen molar-refractivity contribution in [3.8, 4) is 0 Å². The number of hydrogen-bond acceptors (Lipinski definition) is 3. The van der Waals surface area contributed by atoms with Gasteiger partial charge in [0.15, 0.2) is 0 Å². The van der Waals surface area contributed by atoms with Gasteiger partial charge in [-0.05, 0) is 7.05 Å². The standard InChI is InChI=1S/C7H15NO2/c1-8-3-6(5-9)7(4-8)10-2/h6-7,9H,3-5H2,1-2H3/t6-,7+/m0/s1. The number of aliphatic hydroxyl groups is 1. The minimum atomic E-state index is 0.231. The first-order valence-corrected chi connectivity index (χ1v) is 3.60. The summed E-state index contributed by atoms with van der Waals surface area (Å²) >= 11 is 0. The molecule has 1 saturated heterocycles. The van der Waals surface area contributed by atoms with E-state index in [4.69, 9.17) is 9.84 Å². The lowest BCUT2D eigenvalue weighted by atomic mass is 10.1. The van der Waals surface area contributed by atoms with Crippen LogP contribution in [0.15, 0.2) is 0 Å². The van der Waals surface area contributed by atoms with Crippen molar-refractivity contribution in [1.29, 1.82) is 0 Å². The normalized spacial score (nSPS) is 35.1. The summed E-state index contributed by atoms with van der Waals surface area (Å²) in [5.74, 6) is 0.315. The molecular weight excluding hydrogens is 130 g/mol. The van der Waals surface area contributed by atoms with Crippen LogP contribution in [0.25, 0.3) is 0 Å². The van der Waals surface area contributed by atoms with Crippen LogP contribution in [0.2, 0.25) is 0 Å². The molecule has 0 spiro atoms. The Hall–Kier alpha value is -0.120. The number of hydrogen-bond donors (Lipinski definition) is 1. The molecule has 3 heteroatoms. The number of methoxy groups -OCH3 is 1. The smallest absolute Gasteiger partial charge is 0.0760 e. The topological polar surface area (TPSA) is 32.7 Å². The van der Waals surface area contributed by atoms with E-state index in [1.165, 1.54) is 0 Å².